The van der Waals surface area contributed by atoms with Crippen LogP contribution in [0.2, 0.25) is 0 Å². The van der Waals surface area contributed by atoms with Crippen molar-refractivity contribution in [3.63, 3.8) is 0 Å². The van der Waals surface area contributed by atoms with Gasteiger partial charge >= 0.3 is 0 Å². The lowest BCUT2D eigenvalue weighted by atomic mass is 9.98. The summed E-state index contributed by atoms with van der Waals surface area (Å²) < 4.78 is 13.3. The molecule has 4 rings (SSSR count). The van der Waals surface area contributed by atoms with Crippen molar-refractivity contribution in [1.82, 2.24) is 0 Å². The van der Waals surface area contributed by atoms with Crippen LogP contribution in [-0.2, 0) is 4.79 Å². The van der Waals surface area contributed by atoms with E-state index in [9.17, 15) is 9.18 Å². The lowest BCUT2D eigenvalue weighted by Crippen LogP contribution is -2.33. The first kappa shape index (κ1) is 17.6. The maximum absolute atomic E-state index is 13.3. The topological polar surface area (TPSA) is 44.4 Å². The summed E-state index contributed by atoms with van der Waals surface area (Å²) in [5.74, 6) is 0.225. The number of hydrogen-bond donors (Lipinski definition) is 2. The average molecular weight is 365 g/mol. The normalized spacial score (nSPS) is 18.6. The van der Waals surface area contributed by atoms with Crippen molar-refractivity contribution in [3.8, 4) is 0 Å². The third-order valence-electron chi connectivity index (χ3n) is 5.47. The number of hydrogen-bond acceptors (Lipinski definition) is 3. The van der Waals surface area contributed by atoms with E-state index in [-0.39, 0.29) is 11.7 Å². The van der Waals surface area contributed by atoms with Gasteiger partial charge in [0.1, 0.15) is 5.82 Å². The number of carbonyl (C=O) groups is 1. The molecule has 2 N–H and O–H groups in total. The molecule has 0 spiro atoms. The van der Waals surface area contributed by atoms with Crippen LogP contribution in [0, 0.1) is 18.7 Å². The van der Waals surface area contributed by atoms with Crippen molar-refractivity contribution in [2.24, 2.45) is 5.92 Å². The second-order valence-corrected chi connectivity index (χ2v) is 7.52. The number of carbonyl (C=O) groups excluding carboxylic acids is 1. The number of piperidine rings is 1. The summed E-state index contributed by atoms with van der Waals surface area (Å²) >= 11 is 0. The minimum absolute atomic E-state index is 0.223. The van der Waals surface area contributed by atoms with Crippen molar-refractivity contribution in [2.75, 3.05) is 28.6 Å². The molecule has 0 atom stereocenters. The number of aryl methyl sites for hydroxylation is 1. The minimum Gasteiger partial charge on any atom is -0.371 e. The number of nitrogens with one attached hydrogen (secondary N) is 2. The molecule has 5 heteroatoms. The van der Waals surface area contributed by atoms with E-state index >= 15 is 0 Å². The van der Waals surface area contributed by atoms with Gasteiger partial charge in [-0.3, -0.25) is 4.79 Å². The maximum atomic E-state index is 13.3. The van der Waals surface area contributed by atoms with Gasteiger partial charge in [-0.1, -0.05) is 6.92 Å². The van der Waals surface area contributed by atoms with Crippen LogP contribution in [-0.4, -0.2) is 19.0 Å². The standard InChI is InChI=1S/C22H24FN3O/c1-14-7-9-26(10-8-14)21-6-4-17(11-15(21)2)24-13-19-18-5-3-16(23)12-20(18)25-22(19)27/h3-6,11-14,24H,7-10H2,1-2H3,(H,25,27). The Hall–Kier alpha value is -2.82. The first-order valence-corrected chi connectivity index (χ1v) is 9.45. The number of halogens is 1. The van der Waals surface area contributed by atoms with Crippen molar-refractivity contribution in [2.45, 2.75) is 26.7 Å². The number of nitrogens with zero attached hydrogens (tertiary/aromatic N) is 1. The van der Waals surface area contributed by atoms with Crippen LogP contribution in [0.5, 0.6) is 0 Å². The number of amides is 1. The molecule has 27 heavy (non-hydrogen) atoms. The number of fused-ring (bicyclic) bond motifs is 1. The zero-order valence-corrected chi connectivity index (χ0v) is 15.7. The number of anilines is 3. The van der Waals surface area contributed by atoms with E-state index in [1.54, 1.807) is 12.3 Å². The van der Waals surface area contributed by atoms with E-state index in [0.29, 0.717) is 16.8 Å². The summed E-state index contributed by atoms with van der Waals surface area (Å²) in [5, 5.41) is 5.91. The molecule has 2 aromatic rings. The summed E-state index contributed by atoms with van der Waals surface area (Å²) in [6.07, 6.45) is 4.16. The Bertz CT molecular complexity index is 914. The molecule has 1 saturated heterocycles. The molecule has 2 aliphatic rings. The molecule has 140 valence electrons. The van der Waals surface area contributed by atoms with Gasteiger partial charge in [0.05, 0.1) is 11.3 Å². The van der Waals surface area contributed by atoms with E-state index in [1.807, 2.05) is 6.07 Å². The van der Waals surface area contributed by atoms with E-state index < -0.39 is 0 Å². The molecular formula is C22H24FN3O. The summed E-state index contributed by atoms with van der Waals surface area (Å²) in [4.78, 5) is 14.6. The molecule has 0 aliphatic carbocycles. The van der Waals surface area contributed by atoms with Gasteiger partial charge in [0.25, 0.3) is 5.91 Å². The first-order valence-electron chi connectivity index (χ1n) is 9.45. The fraction of sp³-hybridized carbons (Fsp3) is 0.318. The van der Waals surface area contributed by atoms with E-state index in [4.69, 9.17) is 0 Å². The molecule has 1 amide bonds. The molecule has 0 unspecified atom stereocenters. The largest absolute Gasteiger partial charge is 0.371 e. The van der Waals surface area contributed by atoms with Crippen LogP contribution >= 0.6 is 0 Å². The van der Waals surface area contributed by atoms with Crippen LogP contribution in [0.4, 0.5) is 21.5 Å². The lowest BCUT2D eigenvalue weighted by Gasteiger charge is -2.33. The molecule has 0 bridgehead atoms. The first-order chi connectivity index (χ1) is 13.0. The Labute approximate surface area is 159 Å². The maximum Gasteiger partial charge on any atom is 0.257 e. The van der Waals surface area contributed by atoms with E-state index in [2.05, 4.69) is 41.5 Å². The van der Waals surface area contributed by atoms with E-state index in [0.717, 1.165) is 24.7 Å². The van der Waals surface area contributed by atoms with Crippen LogP contribution < -0.4 is 15.5 Å². The Morgan fingerprint density at radius 1 is 1.19 bits per heavy atom. The Morgan fingerprint density at radius 3 is 2.70 bits per heavy atom. The molecular weight excluding hydrogens is 341 g/mol. The number of rotatable bonds is 3. The molecule has 1 fully saturated rings. The molecule has 4 nitrogen and oxygen atoms in total. The van der Waals surface area contributed by atoms with Crippen molar-refractivity contribution >= 4 is 28.5 Å². The Morgan fingerprint density at radius 2 is 1.96 bits per heavy atom. The molecule has 0 radical (unpaired) electrons. The van der Waals surface area contributed by atoms with Crippen LogP contribution in [0.15, 0.2) is 42.6 Å². The zero-order valence-electron chi connectivity index (χ0n) is 15.7. The predicted molar refractivity (Wildman–Crippen MR) is 108 cm³/mol. The fourth-order valence-corrected chi connectivity index (χ4v) is 3.82. The number of benzene rings is 2. The molecule has 2 aromatic carbocycles. The minimum atomic E-state index is -0.360. The molecule has 2 heterocycles. The van der Waals surface area contributed by atoms with Crippen molar-refractivity contribution in [3.05, 3.63) is 59.5 Å². The highest BCUT2D eigenvalue weighted by molar-refractivity contribution is 6.31. The van der Waals surface area contributed by atoms with Crippen LogP contribution in [0.3, 0.4) is 0 Å². The Kier molecular flexibility index (Phi) is 4.60. The lowest BCUT2D eigenvalue weighted by molar-refractivity contribution is -0.110. The van der Waals surface area contributed by atoms with Gasteiger partial charge in [0, 0.05) is 36.2 Å². The van der Waals surface area contributed by atoms with Crippen LogP contribution in [0.1, 0.15) is 30.9 Å². The zero-order chi connectivity index (χ0) is 19.0. The van der Waals surface area contributed by atoms with Crippen molar-refractivity contribution < 1.29 is 9.18 Å². The third kappa shape index (κ3) is 3.54. The highest BCUT2D eigenvalue weighted by atomic mass is 19.1. The van der Waals surface area contributed by atoms with Gasteiger partial charge in [0.15, 0.2) is 0 Å². The monoisotopic (exact) mass is 365 g/mol. The second-order valence-electron chi connectivity index (χ2n) is 7.52. The highest BCUT2D eigenvalue weighted by Crippen LogP contribution is 2.33. The summed E-state index contributed by atoms with van der Waals surface area (Å²) in [7, 11) is 0. The van der Waals surface area contributed by atoms with E-state index in [1.165, 1.54) is 36.2 Å². The summed E-state index contributed by atoms with van der Waals surface area (Å²) in [6, 6.07) is 10.6. The van der Waals surface area contributed by atoms with Crippen molar-refractivity contribution in [1.29, 1.82) is 0 Å². The van der Waals surface area contributed by atoms with Gasteiger partial charge < -0.3 is 15.5 Å². The van der Waals surface area contributed by atoms with Gasteiger partial charge in [0.2, 0.25) is 0 Å². The third-order valence-corrected chi connectivity index (χ3v) is 5.47. The second kappa shape index (κ2) is 7.06. The van der Waals surface area contributed by atoms with Crippen LogP contribution in [0.25, 0.3) is 5.57 Å². The quantitative estimate of drug-likeness (QED) is 0.770. The molecule has 2 aliphatic heterocycles. The molecule has 0 aromatic heterocycles. The van der Waals surface area contributed by atoms with Gasteiger partial charge in [-0.05, 0) is 67.6 Å². The van der Waals surface area contributed by atoms with Gasteiger partial charge in [-0.25, -0.2) is 4.39 Å². The average Bonchev–Trinajstić information content (AvgIpc) is 2.95. The molecule has 0 saturated carbocycles. The SMILES string of the molecule is Cc1cc(NC=C2C(=O)Nc3cc(F)ccc32)ccc1N1CCC(C)CC1. The highest BCUT2D eigenvalue weighted by Gasteiger charge is 2.24. The summed E-state index contributed by atoms with van der Waals surface area (Å²) in [5.41, 5.74) is 5.16. The van der Waals surface area contributed by atoms with Gasteiger partial charge in [-0.15, -0.1) is 0 Å². The summed E-state index contributed by atoms with van der Waals surface area (Å²) in [6.45, 7) is 6.64. The smallest absolute Gasteiger partial charge is 0.257 e. The predicted octanol–water partition coefficient (Wildman–Crippen LogP) is 4.78. The van der Waals surface area contributed by atoms with Gasteiger partial charge in [-0.2, -0.15) is 0 Å². The fourth-order valence-electron chi connectivity index (χ4n) is 3.82. The Balaban J connectivity index is 1.52.